The van der Waals surface area contributed by atoms with Gasteiger partial charge in [0.2, 0.25) is 5.04 Å². The topological polar surface area (TPSA) is 178 Å². The van der Waals surface area contributed by atoms with Crippen molar-refractivity contribution >= 4 is 73.4 Å². The number of Topliss-reactive ketones (excluding diaryl/α,β-unsaturated/α-hetero) is 3. The minimum atomic E-state index is -5.09. The van der Waals surface area contributed by atoms with Crippen LogP contribution < -0.4 is 15.5 Å². The summed E-state index contributed by atoms with van der Waals surface area (Å²) in [4.78, 5) is 53.2. The van der Waals surface area contributed by atoms with Crippen LogP contribution in [0.2, 0.25) is 0 Å². The number of benzene rings is 1. The maximum absolute atomic E-state index is 13.2. The smallest absolute Gasteiger partial charge is 0.366 e. The molecular formula is C24H29F2N5O7S2. The lowest BCUT2D eigenvalue weighted by molar-refractivity contribution is -0.140. The van der Waals surface area contributed by atoms with Crippen LogP contribution in [0.3, 0.4) is 0 Å². The van der Waals surface area contributed by atoms with Crippen molar-refractivity contribution in [1.29, 1.82) is 0 Å². The molecule has 1 heterocycles. The number of nitrogens with zero attached hydrogens (tertiary/aromatic N) is 3. The molecule has 2 rings (SSSR count). The zero-order valence-electron chi connectivity index (χ0n) is 22.0. The van der Waals surface area contributed by atoms with E-state index in [2.05, 4.69) is 16.7 Å². The number of aryl methyl sites for hydroxylation is 1. The van der Waals surface area contributed by atoms with E-state index in [-0.39, 0.29) is 46.7 Å². The van der Waals surface area contributed by atoms with E-state index in [9.17, 15) is 36.4 Å². The second kappa shape index (κ2) is 14.1. The zero-order chi connectivity index (χ0) is 30.2. The Morgan fingerprint density at radius 3 is 2.48 bits per heavy atom. The Morgan fingerprint density at radius 2 is 1.93 bits per heavy atom. The highest BCUT2D eigenvalue weighted by molar-refractivity contribution is 8.18. The van der Waals surface area contributed by atoms with Crippen molar-refractivity contribution in [1.82, 2.24) is 0 Å². The average molecular weight is 602 g/mol. The van der Waals surface area contributed by atoms with Crippen LogP contribution in [0, 0.1) is 0 Å². The van der Waals surface area contributed by atoms with Gasteiger partial charge in [-0.15, -0.1) is 0 Å². The van der Waals surface area contributed by atoms with E-state index in [1.807, 2.05) is 4.72 Å². The number of ether oxygens (including phenoxy) is 1. The molecule has 1 unspecified atom stereocenters. The number of anilines is 2. The second-order valence-electron chi connectivity index (χ2n) is 8.77. The number of thioether (sulfide) groups is 1. The van der Waals surface area contributed by atoms with Gasteiger partial charge in [0.1, 0.15) is 12.4 Å². The molecule has 0 bridgehead atoms. The number of alkyl halides is 2. The highest BCUT2D eigenvalue weighted by atomic mass is 32.2. The van der Waals surface area contributed by atoms with Crippen LogP contribution in [0.5, 0.6) is 0 Å². The zero-order valence-corrected chi connectivity index (χ0v) is 23.6. The molecule has 0 aromatic heterocycles. The Morgan fingerprint density at radius 1 is 1.25 bits per heavy atom. The number of nitrogens with two attached hydrogens (primary N) is 1. The normalized spacial score (nSPS) is 15.6. The van der Waals surface area contributed by atoms with Gasteiger partial charge in [-0.1, -0.05) is 18.3 Å². The van der Waals surface area contributed by atoms with Crippen molar-refractivity contribution < 1.29 is 41.1 Å². The molecule has 0 fully saturated rings. The van der Waals surface area contributed by atoms with Crippen LogP contribution in [0.25, 0.3) is 0 Å². The van der Waals surface area contributed by atoms with E-state index in [1.54, 1.807) is 0 Å². The van der Waals surface area contributed by atoms with Gasteiger partial charge in [-0.05, 0) is 56.2 Å². The van der Waals surface area contributed by atoms with Gasteiger partial charge in [-0.3, -0.25) is 24.1 Å². The molecule has 1 atom stereocenters. The molecule has 1 aliphatic heterocycles. The first kappa shape index (κ1) is 32.6. The predicted molar refractivity (Wildman–Crippen MR) is 149 cm³/mol. The predicted octanol–water partition coefficient (Wildman–Crippen LogP) is 2.69. The van der Waals surface area contributed by atoms with Crippen molar-refractivity contribution in [3.05, 3.63) is 29.2 Å². The van der Waals surface area contributed by atoms with Crippen LogP contribution >= 0.6 is 11.8 Å². The molecule has 0 aliphatic carbocycles. The van der Waals surface area contributed by atoms with Gasteiger partial charge in [0.25, 0.3) is 10.0 Å². The summed E-state index contributed by atoms with van der Waals surface area (Å²) in [6.07, 6.45) is 2.10. The van der Waals surface area contributed by atoms with Crippen molar-refractivity contribution in [2.45, 2.75) is 51.8 Å². The maximum Gasteiger partial charge on any atom is 0.366 e. The molecular weight excluding hydrogens is 572 g/mol. The third-order valence-electron chi connectivity index (χ3n) is 5.41. The first-order valence-electron chi connectivity index (χ1n) is 11.7. The summed E-state index contributed by atoms with van der Waals surface area (Å²) >= 11 is 0.762. The van der Waals surface area contributed by atoms with E-state index < -0.39 is 34.4 Å². The molecule has 1 aliphatic rings. The van der Waals surface area contributed by atoms with Crippen LogP contribution in [-0.4, -0.2) is 67.9 Å². The quantitative estimate of drug-likeness (QED) is 0.119. The Labute approximate surface area is 234 Å². The molecule has 16 heteroatoms. The summed E-state index contributed by atoms with van der Waals surface area (Å²) in [5, 5.41) is 3.05. The Balaban J connectivity index is 2.38. The molecule has 0 spiro atoms. The summed E-state index contributed by atoms with van der Waals surface area (Å²) in [5.74, 6) is -0.282. The minimum absolute atomic E-state index is 0.00147. The van der Waals surface area contributed by atoms with Crippen molar-refractivity contribution in [2.24, 2.45) is 15.9 Å². The van der Waals surface area contributed by atoms with Crippen LogP contribution in [0.4, 0.5) is 25.8 Å². The number of nitrogens with one attached hydrogen (secondary N) is 1. The molecule has 218 valence electrons. The van der Waals surface area contributed by atoms with Gasteiger partial charge in [-0.2, -0.15) is 13.9 Å². The Hall–Kier alpha value is -3.66. The first-order valence-corrected chi connectivity index (χ1v) is 14.1. The number of carbonyl (C=O) groups excluding carboxylic acids is 4. The van der Waals surface area contributed by atoms with Crippen LogP contribution in [0.1, 0.15) is 39.2 Å². The number of carbonyl (C=O) groups is 4. The number of sulfonamides is 1. The van der Waals surface area contributed by atoms with Crippen LogP contribution in [-0.2, 0) is 40.4 Å². The van der Waals surface area contributed by atoms with E-state index in [4.69, 9.17) is 10.6 Å². The van der Waals surface area contributed by atoms with Gasteiger partial charge in [0, 0.05) is 18.3 Å². The van der Waals surface area contributed by atoms with Crippen molar-refractivity contribution in [3.63, 3.8) is 0 Å². The lowest BCUT2D eigenvalue weighted by atomic mass is 9.92. The fraction of sp³-hybridized carbons (Fsp3) is 0.417. The number of esters is 1. The largest absolute Gasteiger partial charge is 0.453 e. The average Bonchev–Trinajstić information content (AvgIpc) is 2.85. The summed E-state index contributed by atoms with van der Waals surface area (Å²) in [6.45, 7) is 7.10. The third kappa shape index (κ3) is 8.94. The first-order chi connectivity index (χ1) is 18.7. The Kier molecular flexibility index (Phi) is 11.5. The lowest BCUT2D eigenvalue weighted by Gasteiger charge is -2.37. The highest BCUT2D eigenvalue weighted by Crippen LogP contribution is 2.39. The number of ketones is 3. The number of allylic oxidation sites excluding steroid dienone is 1. The van der Waals surface area contributed by atoms with E-state index >= 15 is 0 Å². The number of fused-ring (bicyclic) bond motifs is 1. The molecule has 12 nitrogen and oxygen atoms in total. The number of hydrogen-bond acceptors (Lipinski definition) is 12. The third-order valence-corrected chi connectivity index (χ3v) is 7.30. The molecule has 0 saturated heterocycles. The summed E-state index contributed by atoms with van der Waals surface area (Å²) in [6, 6.07) is 2.11. The number of halogens is 2. The lowest BCUT2D eigenvalue weighted by Crippen LogP contribution is -2.46. The summed E-state index contributed by atoms with van der Waals surface area (Å²) in [5.41, 5.74) is 0.687. The molecule has 40 heavy (non-hydrogen) atoms. The van der Waals surface area contributed by atoms with E-state index in [0.29, 0.717) is 29.0 Å². The second-order valence-corrected chi connectivity index (χ2v) is 11.6. The monoisotopic (exact) mass is 601 g/mol. The molecule has 0 saturated carbocycles. The van der Waals surface area contributed by atoms with E-state index in [1.165, 1.54) is 44.0 Å². The summed E-state index contributed by atoms with van der Waals surface area (Å²) in [7, 11) is -5.09. The molecule has 1 aromatic carbocycles. The highest BCUT2D eigenvalue weighted by Gasteiger charge is 2.32. The molecule has 3 N–H and O–H groups in total. The Bertz CT molecular complexity index is 1360. The maximum atomic E-state index is 13.2. The van der Waals surface area contributed by atoms with Gasteiger partial charge >= 0.3 is 11.7 Å². The number of rotatable bonds is 12. The van der Waals surface area contributed by atoms with Gasteiger partial charge in [0.15, 0.2) is 11.6 Å². The fourth-order valence-corrected chi connectivity index (χ4v) is 4.91. The van der Waals surface area contributed by atoms with Gasteiger partial charge < -0.3 is 15.5 Å². The number of hydrazone groups is 1. The molecule has 1 aromatic rings. The van der Waals surface area contributed by atoms with Gasteiger partial charge in [-0.25, -0.2) is 13.2 Å². The summed E-state index contributed by atoms with van der Waals surface area (Å²) < 4.78 is 57.0. The van der Waals surface area contributed by atoms with Crippen molar-refractivity contribution in [3.8, 4) is 0 Å². The standard InChI is InChI=1S/C24H29F2N5O7S2/c1-13(32)11-31-20(16(4)34)6-5-17-9-18(19(10-21(17)31)30-40(36,37)24(25)26)28-8-7-15(3)39-22(29-27)23(35)38-12-14(2)33/h8-10,20,24,30H,3,5-7,11-12,27H2,1-2,4H3/b28-8?,29-22-. The minimum Gasteiger partial charge on any atom is -0.453 e. The molecule has 0 amide bonds. The number of aliphatic imine (C=N–C) groups is 1. The SMILES string of the molecule is C=C(CC=Nc1cc2c(cc1NS(=O)(=O)C(F)F)N(CC(C)=O)C(C(C)=O)CC2)S/C(=N\N)C(=O)OCC(C)=O. The number of hydrogen-bond donors (Lipinski definition) is 2. The fourth-order valence-electron chi connectivity index (χ4n) is 3.72. The van der Waals surface area contributed by atoms with Crippen LogP contribution in [0.15, 0.2) is 33.7 Å². The van der Waals surface area contributed by atoms with E-state index in [0.717, 1.165) is 11.8 Å². The molecule has 0 radical (unpaired) electrons. The van der Waals surface area contributed by atoms with Gasteiger partial charge in [0.05, 0.1) is 24.0 Å². The van der Waals surface area contributed by atoms with Crippen molar-refractivity contribution in [2.75, 3.05) is 22.8 Å².